The molecule has 1 heterocycles. The first-order valence-electron chi connectivity index (χ1n) is 4.87. The molecule has 2 aromatic rings. The number of nitrogens with two attached hydrogens (primary N) is 1. The second kappa shape index (κ2) is 4.67. The van der Waals surface area contributed by atoms with Crippen molar-refractivity contribution in [2.24, 2.45) is 0 Å². The molecule has 0 saturated carbocycles. The van der Waals surface area contributed by atoms with Gasteiger partial charge in [-0.1, -0.05) is 15.9 Å². The summed E-state index contributed by atoms with van der Waals surface area (Å²) in [7, 11) is 0. The first kappa shape index (κ1) is 11.8. The van der Waals surface area contributed by atoms with Crippen molar-refractivity contribution in [3.8, 4) is 0 Å². The van der Waals surface area contributed by atoms with Gasteiger partial charge >= 0.3 is 0 Å². The van der Waals surface area contributed by atoms with E-state index < -0.39 is 0 Å². The normalized spacial score (nSPS) is 10.3. The van der Waals surface area contributed by atoms with Gasteiger partial charge in [0.15, 0.2) is 0 Å². The van der Waals surface area contributed by atoms with Crippen LogP contribution in [0.15, 0.2) is 28.9 Å². The molecule has 0 unspecified atom stereocenters. The molecular weight excluding hydrogens is 287 g/mol. The zero-order valence-corrected chi connectivity index (χ0v) is 10.6. The molecule has 0 amide bonds. The van der Waals surface area contributed by atoms with Gasteiger partial charge in [0.1, 0.15) is 11.6 Å². The molecule has 0 aliphatic carbocycles. The van der Waals surface area contributed by atoms with Crippen molar-refractivity contribution in [2.75, 3.05) is 11.1 Å². The maximum absolute atomic E-state index is 13.5. The van der Waals surface area contributed by atoms with Gasteiger partial charge < -0.3 is 11.1 Å². The number of aromatic nitrogens is 2. The molecule has 0 fully saturated rings. The van der Waals surface area contributed by atoms with Gasteiger partial charge in [0.2, 0.25) is 5.95 Å². The Balaban J connectivity index is 2.37. The Bertz CT molecular complexity index is 510. The monoisotopic (exact) mass is 296 g/mol. The summed E-state index contributed by atoms with van der Waals surface area (Å²) in [5, 5.41) is 2.89. The molecule has 0 saturated heterocycles. The fourth-order valence-corrected chi connectivity index (χ4v) is 1.66. The summed E-state index contributed by atoms with van der Waals surface area (Å²) < 4.78 is 14.3. The second-order valence-corrected chi connectivity index (χ2v) is 4.42. The smallest absolute Gasteiger partial charge is 0.221 e. The van der Waals surface area contributed by atoms with Crippen LogP contribution in [-0.4, -0.2) is 9.97 Å². The summed E-state index contributed by atoms with van der Waals surface area (Å²) in [4.78, 5) is 7.86. The van der Waals surface area contributed by atoms with Crippen LogP contribution in [0.4, 0.5) is 21.8 Å². The van der Waals surface area contributed by atoms with Crippen molar-refractivity contribution in [1.29, 1.82) is 0 Å². The van der Waals surface area contributed by atoms with Crippen molar-refractivity contribution in [2.45, 2.75) is 6.92 Å². The molecule has 2 rings (SSSR count). The molecule has 6 heteroatoms. The highest BCUT2D eigenvalue weighted by atomic mass is 79.9. The molecular formula is C11H10BrFN4. The predicted octanol–water partition coefficient (Wildman–Crippen LogP) is 3.01. The van der Waals surface area contributed by atoms with Crippen LogP contribution in [0.2, 0.25) is 0 Å². The van der Waals surface area contributed by atoms with Gasteiger partial charge in [-0.15, -0.1) is 0 Å². The average Bonchev–Trinajstić information content (AvgIpc) is 2.28. The Hall–Kier alpha value is -1.69. The number of nitrogen functional groups attached to an aromatic ring is 1. The van der Waals surface area contributed by atoms with Crippen LogP contribution < -0.4 is 11.1 Å². The standard InChI is InChI=1S/C11H10BrFN4/c1-6-5-15-11(14)17-10(6)16-9-4-7(12)2-3-8(9)13/h2-5H,1H3,(H3,14,15,16,17). The van der Waals surface area contributed by atoms with E-state index in [0.29, 0.717) is 11.5 Å². The molecule has 0 radical (unpaired) electrons. The Morgan fingerprint density at radius 2 is 2.18 bits per heavy atom. The molecule has 0 spiro atoms. The van der Waals surface area contributed by atoms with Crippen molar-refractivity contribution in [1.82, 2.24) is 9.97 Å². The van der Waals surface area contributed by atoms with Crippen LogP contribution in [0.3, 0.4) is 0 Å². The molecule has 1 aromatic heterocycles. The van der Waals surface area contributed by atoms with Gasteiger partial charge in [0, 0.05) is 16.2 Å². The number of halogens is 2. The van der Waals surface area contributed by atoms with Crippen LogP contribution in [0.1, 0.15) is 5.56 Å². The topological polar surface area (TPSA) is 63.8 Å². The van der Waals surface area contributed by atoms with Gasteiger partial charge in [0.25, 0.3) is 0 Å². The molecule has 3 N–H and O–H groups in total. The number of aryl methyl sites for hydroxylation is 1. The van der Waals surface area contributed by atoms with Gasteiger partial charge in [-0.2, -0.15) is 4.98 Å². The van der Waals surface area contributed by atoms with E-state index in [0.717, 1.165) is 10.0 Å². The van der Waals surface area contributed by atoms with Crippen LogP contribution in [0.5, 0.6) is 0 Å². The van der Waals surface area contributed by atoms with Gasteiger partial charge in [-0.05, 0) is 25.1 Å². The van der Waals surface area contributed by atoms with Gasteiger partial charge in [0.05, 0.1) is 5.69 Å². The zero-order valence-electron chi connectivity index (χ0n) is 9.04. The number of nitrogens with zero attached hydrogens (tertiary/aromatic N) is 2. The van der Waals surface area contributed by atoms with E-state index in [1.54, 1.807) is 18.3 Å². The van der Waals surface area contributed by atoms with Crippen LogP contribution in [0, 0.1) is 12.7 Å². The van der Waals surface area contributed by atoms with Gasteiger partial charge in [-0.25, -0.2) is 9.37 Å². The lowest BCUT2D eigenvalue weighted by molar-refractivity contribution is 0.631. The Kier molecular flexibility index (Phi) is 3.23. The van der Waals surface area contributed by atoms with E-state index in [1.807, 2.05) is 6.92 Å². The van der Waals surface area contributed by atoms with E-state index in [1.165, 1.54) is 6.07 Å². The minimum absolute atomic E-state index is 0.147. The number of benzene rings is 1. The average molecular weight is 297 g/mol. The van der Waals surface area contributed by atoms with Crippen LogP contribution >= 0.6 is 15.9 Å². The molecule has 0 aliphatic heterocycles. The van der Waals surface area contributed by atoms with Gasteiger partial charge in [-0.3, -0.25) is 0 Å². The summed E-state index contributed by atoms with van der Waals surface area (Å²) in [5.41, 5.74) is 6.61. The van der Waals surface area contributed by atoms with Crippen LogP contribution in [-0.2, 0) is 0 Å². The first-order valence-corrected chi connectivity index (χ1v) is 5.67. The SMILES string of the molecule is Cc1cnc(N)nc1Nc1cc(Br)ccc1F. The van der Waals surface area contributed by atoms with E-state index in [4.69, 9.17) is 5.73 Å². The largest absolute Gasteiger partial charge is 0.368 e. The van der Waals surface area contributed by atoms with Crippen molar-refractivity contribution in [3.63, 3.8) is 0 Å². The first-order chi connectivity index (χ1) is 8.06. The lowest BCUT2D eigenvalue weighted by Gasteiger charge is -2.09. The maximum atomic E-state index is 13.5. The molecule has 17 heavy (non-hydrogen) atoms. The fraction of sp³-hybridized carbons (Fsp3) is 0.0909. The van der Waals surface area contributed by atoms with Crippen LogP contribution in [0.25, 0.3) is 0 Å². The molecule has 1 aromatic carbocycles. The molecule has 0 bridgehead atoms. The fourth-order valence-electron chi connectivity index (χ4n) is 1.30. The summed E-state index contributed by atoms with van der Waals surface area (Å²) in [5.74, 6) is 0.285. The lowest BCUT2D eigenvalue weighted by atomic mass is 10.3. The highest BCUT2D eigenvalue weighted by Gasteiger charge is 2.07. The third-order valence-corrected chi connectivity index (χ3v) is 2.67. The number of hydrogen-bond acceptors (Lipinski definition) is 4. The number of rotatable bonds is 2. The summed E-state index contributed by atoms with van der Waals surface area (Å²) in [6, 6.07) is 4.63. The van der Waals surface area contributed by atoms with E-state index in [2.05, 4.69) is 31.2 Å². The predicted molar refractivity (Wildman–Crippen MR) is 68.6 cm³/mol. The quantitative estimate of drug-likeness (QED) is 0.894. The molecule has 4 nitrogen and oxygen atoms in total. The van der Waals surface area contributed by atoms with Crippen molar-refractivity contribution in [3.05, 3.63) is 40.2 Å². The second-order valence-electron chi connectivity index (χ2n) is 3.51. The maximum Gasteiger partial charge on any atom is 0.221 e. The van der Waals surface area contributed by atoms with Crippen molar-refractivity contribution < 1.29 is 4.39 Å². The van der Waals surface area contributed by atoms with E-state index in [9.17, 15) is 4.39 Å². The molecule has 0 aliphatic rings. The molecule has 0 atom stereocenters. The van der Waals surface area contributed by atoms with Crippen molar-refractivity contribution >= 4 is 33.4 Å². The Labute approximate surface area is 106 Å². The highest BCUT2D eigenvalue weighted by molar-refractivity contribution is 9.10. The minimum atomic E-state index is -0.357. The van der Waals surface area contributed by atoms with E-state index in [-0.39, 0.29) is 11.8 Å². The summed E-state index contributed by atoms with van der Waals surface area (Å²) in [6.45, 7) is 1.82. The molecule has 88 valence electrons. The Morgan fingerprint density at radius 1 is 1.41 bits per heavy atom. The number of nitrogens with one attached hydrogen (secondary N) is 1. The summed E-state index contributed by atoms with van der Waals surface area (Å²) >= 11 is 3.28. The number of anilines is 3. The third-order valence-electron chi connectivity index (χ3n) is 2.17. The number of hydrogen-bond donors (Lipinski definition) is 2. The lowest BCUT2D eigenvalue weighted by Crippen LogP contribution is -2.03. The third kappa shape index (κ3) is 2.71. The summed E-state index contributed by atoms with van der Waals surface area (Å²) in [6.07, 6.45) is 1.58. The zero-order chi connectivity index (χ0) is 12.4. The highest BCUT2D eigenvalue weighted by Crippen LogP contribution is 2.24. The van der Waals surface area contributed by atoms with E-state index >= 15 is 0 Å². The Morgan fingerprint density at radius 3 is 2.94 bits per heavy atom. The minimum Gasteiger partial charge on any atom is -0.368 e.